The van der Waals surface area contributed by atoms with E-state index in [1.165, 1.54) is 0 Å². The molecule has 0 radical (unpaired) electrons. The number of hydrogen-bond donors (Lipinski definition) is 2. The van der Waals surface area contributed by atoms with Crippen molar-refractivity contribution in [1.82, 2.24) is 15.5 Å². The summed E-state index contributed by atoms with van der Waals surface area (Å²) in [5.41, 5.74) is 0. The molecule has 0 amide bonds. The molecule has 0 spiro atoms. The highest BCUT2D eigenvalue weighted by atomic mass is 16.5. The van der Waals surface area contributed by atoms with Crippen LogP contribution in [0.4, 0.5) is 0 Å². The number of hydrogen-bond acceptors (Lipinski definition) is 6. The van der Waals surface area contributed by atoms with Crippen LogP contribution in [0.1, 0.15) is 18.6 Å². The monoisotopic (exact) mass is 263 g/mol. The van der Waals surface area contributed by atoms with Crippen LogP contribution in [0.25, 0.3) is 0 Å². The first-order chi connectivity index (χ1) is 9.17. The Morgan fingerprint density at radius 2 is 2.11 bits per heavy atom. The molecule has 1 atom stereocenters. The second kappa shape index (κ2) is 6.19. The Balaban J connectivity index is 1.88. The van der Waals surface area contributed by atoms with Crippen LogP contribution in [0, 0.1) is 0 Å². The van der Waals surface area contributed by atoms with Crippen molar-refractivity contribution in [3.63, 3.8) is 0 Å². The average Bonchev–Trinajstić information content (AvgIpc) is 2.85. The number of phenolic OH excluding ortho intramolecular Hbond substituents is 1. The molecular formula is C13H17N3O3. The summed E-state index contributed by atoms with van der Waals surface area (Å²) in [4.78, 5) is 4.24. The molecular weight excluding hydrogens is 246 g/mol. The molecule has 0 fully saturated rings. The van der Waals surface area contributed by atoms with Crippen LogP contribution in [-0.2, 0) is 13.0 Å². The first-order valence-corrected chi connectivity index (χ1v) is 6.08. The predicted octanol–water partition coefficient (Wildman–Crippen LogP) is 1.50. The summed E-state index contributed by atoms with van der Waals surface area (Å²) < 4.78 is 10.6. The van der Waals surface area contributed by atoms with Crippen LogP contribution in [0.3, 0.4) is 0 Å². The summed E-state index contributed by atoms with van der Waals surface area (Å²) in [5.74, 6) is 1.94. The van der Waals surface area contributed by atoms with Gasteiger partial charge in [-0.3, -0.25) is 0 Å². The van der Waals surface area contributed by atoms with E-state index in [1.54, 1.807) is 24.3 Å². The zero-order chi connectivity index (χ0) is 13.7. The van der Waals surface area contributed by atoms with Gasteiger partial charge in [-0.2, -0.15) is 4.98 Å². The highest BCUT2D eigenvalue weighted by molar-refractivity contribution is 5.30. The van der Waals surface area contributed by atoms with Gasteiger partial charge in [0.2, 0.25) is 0 Å². The van der Waals surface area contributed by atoms with Gasteiger partial charge in [0.25, 0.3) is 5.89 Å². The topological polar surface area (TPSA) is 80.4 Å². The van der Waals surface area contributed by atoms with Gasteiger partial charge in [-0.15, -0.1) is 0 Å². The number of phenols is 1. The molecule has 0 saturated carbocycles. The first-order valence-electron chi connectivity index (χ1n) is 6.08. The molecule has 6 heteroatoms. The van der Waals surface area contributed by atoms with Crippen molar-refractivity contribution in [3.05, 3.63) is 36.0 Å². The maximum atomic E-state index is 9.15. The minimum atomic E-state index is 0.202. The summed E-state index contributed by atoms with van der Waals surface area (Å²) in [6.45, 7) is 2.26. The van der Waals surface area contributed by atoms with E-state index in [-0.39, 0.29) is 12.4 Å². The van der Waals surface area contributed by atoms with Crippen LogP contribution >= 0.6 is 0 Å². The molecule has 6 nitrogen and oxygen atoms in total. The van der Waals surface area contributed by atoms with E-state index in [1.807, 2.05) is 14.0 Å². The SMILES string of the molecule is CNC(C)Cc1noc(COc2ccc(O)cc2)n1. The third-order valence-corrected chi connectivity index (χ3v) is 2.69. The molecule has 2 N–H and O–H groups in total. The van der Waals surface area contributed by atoms with Gasteiger partial charge in [-0.1, -0.05) is 5.16 Å². The van der Waals surface area contributed by atoms with Crippen LogP contribution in [-0.4, -0.2) is 28.3 Å². The highest BCUT2D eigenvalue weighted by Crippen LogP contribution is 2.16. The summed E-state index contributed by atoms with van der Waals surface area (Å²) in [6, 6.07) is 6.76. The number of nitrogens with zero attached hydrogens (tertiary/aromatic N) is 2. The Labute approximate surface area is 111 Å². The van der Waals surface area contributed by atoms with E-state index in [0.29, 0.717) is 29.9 Å². The Kier molecular flexibility index (Phi) is 4.35. The summed E-state index contributed by atoms with van der Waals surface area (Å²) in [6.07, 6.45) is 0.708. The molecule has 0 aliphatic rings. The fourth-order valence-corrected chi connectivity index (χ4v) is 1.50. The van der Waals surface area contributed by atoms with Crippen molar-refractivity contribution in [2.75, 3.05) is 7.05 Å². The van der Waals surface area contributed by atoms with E-state index in [4.69, 9.17) is 14.4 Å². The minimum absolute atomic E-state index is 0.202. The zero-order valence-corrected chi connectivity index (χ0v) is 11.0. The van der Waals surface area contributed by atoms with Gasteiger partial charge in [-0.05, 0) is 38.2 Å². The van der Waals surface area contributed by atoms with Gasteiger partial charge in [0.15, 0.2) is 12.4 Å². The molecule has 1 heterocycles. The van der Waals surface area contributed by atoms with Crippen molar-refractivity contribution in [1.29, 1.82) is 0 Å². The summed E-state index contributed by atoms with van der Waals surface area (Å²) in [7, 11) is 1.89. The van der Waals surface area contributed by atoms with Crippen molar-refractivity contribution in [2.45, 2.75) is 26.0 Å². The lowest BCUT2D eigenvalue weighted by molar-refractivity contribution is 0.242. The fraction of sp³-hybridized carbons (Fsp3) is 0.385. The lowest BCUT2D eigenvalue weighted by atomic mass is 10.2. The van der Waals surface area contributed by atoms with Crippen molar-refractivity contribution < 1.29 is 14.4 Å². The van der Waals surface area contributed by atoms with Crippen molar-refractivity contribution >= 4 is 0 Å². The third-order valence-electron chi connectivity index (χ3n) is 2.69. The second-order valence-corrected chi connectivity index (χ2v) is 4.28. The molecule has 0 saturated heterocycles. The van der Waals surface area contributed by atoms with Gasteiger partial charge in [0.05, 0.1) is 0 Å². The van der Waals surface area contributed by atoms with Gasteiger partial charge in [-0.25, -0.2) is 0 Å². The maximum Gasteiger partial charge on any atom is 0.264 e. The summed E-state index contributed by atoms with van der Waals surface area (Å²) in [5, 5.41) is 16.1. The number of aromatic hydroxyl groups is 1. The zero-order valence-electron chi connectivity index (χ0n) is 11.0. The molecule has 2 rings (SSSR count). The minimum Gasteiger partial charge on any atom is -0.508 e. The van der Waals surface area contributed by atoms with Crippen molar-refractivity contribution in [2.24, 2.45) is 0 Å². The van der Waals surface area contributed by atoms with Crippen LogP contribution in [0.2, 0.25) is 0 Å². The van der Waals surface area contributed by atoms with Gasteiger partial charge in [0.1, 0.15) is 11.5 Å². The summed E-state index contributed by atoms with van der Waals surface area (Å²) >= 11 is 0. The number of likely N-dealkylation sites (N-methyl/N-ethyl adjacent to an activating group) is 1. The van der Waals surface area contributed by atoms with Crippen molar-refractivity contribution in [3.8, 4) is 11.5 Å². The fourth-order valence-electron chi connectivity index (χ4n) is 1.50. The molecule has 0 aliphatic heterocycles. The van der Waals surface area contributed by atoms with E-state index >= 15 is 0 Å². The largest absolute Gasteiger partial charge is 0.508 e. The van der Waals surface area contributed by atoms with E-state index in [2.05, 4.69) is 15.5 Å². The van der Waals surface area contributed by atoms with E-state index in [9.17, 15) is 0 Å². The first kappa shape index (κ1) is 13.4. The van der Waals surface area contributed by atoms with E-state index < -0.39 is 0 Å². The molecule has 102 valence electrons. The number of rotatable bonds is 6. The molecule has 1 unspecified atom stereocenters. The normalized spacial score (nSPS) is 12.3. The molecule has 0 aliphatic carbocycles. The van der Waals surface area contributed by atoms with Crippen LogP contribution < -0.4 is 10.1 Å². The molecule has 0 bridgehead atoms. The molecule has 1 aromatic carbocycles. The lowest BCUT2D eigenvalue weighted by Gasteiger charge is -2.04. The average molecular weight is 263 g/mol. The maximum absolute atomic E-state index is 9.15. The van der Waals surface area contributed by atoms with Crippen LogP contribution in [0.15, 0.2) is 28.8 Å². The number of nitrogens with one attached hydrogen (secondary N) is 1. The molecule has 2 aromatic rings. The Morgan fingerprint density at radius 3 is 2.79 bits per heavy atom. The Morgan fingerprint density at radius 1 is 1.37 bits per heavy atom. The highest BCUT2D eigenvalue weighted by Gasteiger charge is 2.09. The Hall–Kier alpha value is -2.08. The number of aromatic nitrogens is 2. The van der Waals surface area contributed by atoms with Gasteiger partial charge >= 0.3 is 0 Å². The Bertz CT molecular complexity index is 510. The number of benzene rings is 1. The lowest BCUT2D eigenvalue weighted by Crippen LogP contribution is -2.24. The number of ether oxygens (including phenoxy) is 1. The standard InChI is InChI=1S/C13H17N3O3/c1-9(14-2)7-12-15-13(19-16-12)8-18-11-5-3-10(17)4-6-11/h3-6,9,14,17H,7-8H2,1-2H3. The van der Waals surface area contributed by atoms with E-state index in [0.717, 1.165) is 0 Å². The molecule has 19 heavy (non-hydrogen) atoms. The molecule has 1 aromatic heterocycles. The predicted molar refractivity (Wildman–Crippen MR) is 69.0 cm³/mol. The van der Waals surface area contributed by atoms with Crippen LogP contribution in [0.5, 0.6) is 11.5 Å². The quantitative estimate of drug-likeness (QED) is 0.822. The third kappa shape index (κ3) is 3.96. The van der Waals surface area contributed by atoms with Gasteiger partial charge < -0.3 is 19.7 Å². The second-order valence-electron chi connectivity index (χ2n) is 4.28. The van der Waals surface area contributed by atoms with Gasteiger partial charge in [0, 0.05) is 12.5 Å². The smallest absolute Gasteiger partial charge is 0.264 e.